The fourth-order valence-electron chi connectivity index (χ4n) is 5.59. The minimum absolute atomic E-state index is 0. The second-order valence-corrected chi connectivity index (χ2v) is 27.8. The molecule has 6 rings (SSSR count). The zero-order chi connectivity index (χ0) is 20.2. The van der Waals surface area contributed by atoms with Crippen LogP contribution in [-0.2, 0) is 33.8 Å². The molecule has 2 aliphatic carbocycles. The van der Waals surface area contributed by atoms with E-state index in [-0.39, 0.29) is 24.8 Å². The maximum absolute atomic E-state index is 2.61. The molecule has 4 aromatic carbocycles. The molecule has 0 saturated heterocycles. The van der Waals surface area contributed by atoms with Gasteiger partial charge in [0.25, 0.3) is 0 Å². The van der Waals surface area contributed by atoms with Crippen molar-refractivity contribution in [3.63, 3.8) is 0 Å². The van der Waals surface area contributed by atoms with Gasteiger partial charge in [-0.2, -0.15) is 0 Å². The van der Waals surface area contributed by atoms with Crippen LogP contribution in [0.15, 0.2) is 84.9 Å². The van der Waals surface area contributed by atoms with Crippen molar-refractivity contribution in [3.05, 3.63) is 107 Å². The Morgan fingerprint density at radius 1 is 0.531 bits per heavy atom. The van der Waals surface area contributed by atoms with Crippen LogP contribution in [0, 0.1) is 0 Å². The Labute approximate surface area is 212 Å². The van der Waals surface area contributed by atoms with E-state index in [0.717, 1.165) is 12.8 Å². The third kappa shape index (κ3) is 3.70. The molecule has 0 radical (unpaired) electrons. The molecule has 0 nitrogen and oxygen atoms in total. The predicted molar refractivity (Wildman–Crippen MR) is 142 cm³/mol. The summed E-state index contributed by atoms with van der Waals surface area (Å²) in [6.07, 6.45) is 2.25. The Hall–Kier alpha value is -1.44. The molecule has 0 N–H and O–H groups in total. The number of benzene rings is 4. The molecule has 0 heterocycles. The van der Waals surface area contributed by atoms with E-state index in [9.17, 15) is 0 Å². The maximum atomic E-state index is 2.61. The Kier molecular flexibility index (Phi) is 6.99. The van der Waals surface area contributed by atoms with Gasteiger partial charge in [0.1, 0.15) is 0 Å². The molecule has 4 heteroatoms. The van der Waals surface area contributed by atoms with Gasteiger partial charge in [0.2, 0.25) is 0 Å². The van der Waals surface area contributed by atoms with Crippen molar-refractivity contribution in [1.29, 1.82) is 0 Å². The van der Waals surface area contributed by atoms with Gasteiger partial charge in [-0.3, -0.25) is 0 Å². The van der Waals surface area contributed by atoms with E-state index in [4.69, 9.17) is 0 Å². The maximum Gasteiger partial charge on any atom is -0.147 e. The van der Waals surface area contributed by atoms with Gasteiger partial charge in [-0.1, -0.05) is 0 Å². The molecule has 4 aromatic rings. The summed E-state index contributed by atoms with van der Waals surface area (Å²) in [7, 11) is 0. The van der Waals surface area contributed by atoms with Crippen molar-refractivity contribution in [2.24, 2.45) is 0 Å². The Morgan fingerprint density at radius 2 is 0.938 bits per heavy atom. The smallest absolute Gasteiger partial charge is 0.147 e. The first-order valence-corrected chi connectivity index (χ1v) is 20.6. The van der Waals surface area contributed by atoms with E-state index >= 15 is 0 Å². The Morgan fingerprint density at radius 3 is 1.38 bits per heavy atom. The van der Waals surface area contributed by atoms with E-state index in [2.05, 4.69) is 98.0 Å². The second-order valence-electron chi connectivity index (χ2n) is 8.90. The topological polar surface area (TPSA) is 0 Å². The predicted octanol–water partition coefficient (Wildman–Crippen LogP) is 6.23. The molecule has 2 aliphatic rings. The van der Waals surface area contributed by atoms with Crippen molar-refractivity contribution >= 4 is 37.3 Å². The van der Waals surface area contributed by atoms with Crippen LogP contribution in [0.1, 0.15) is 22.3 Å². The molecular formula is C28H27Cl2SiZr. The summed E-state index contributed by atoms with van der Waals surface area (Å²) in [5.74, 6) is -0.806. The molecule has 0 unspecified atom stereocenters. The van der Waals surface area contributed by atoms with Crippen molar-refractivity contribution in [2.45, 2.75) is 25.9 Å². The minimum Gasteiger partial charge on any atom is -0.147 e. The summed E-state index contributed by atoms with van der Waals surface area (Å²) in [5, 5.41) is 0. The van der Waals surface area contributed by atoms with Crippen LogP contribution in [0.3, 0.4) is 0 Å². The molecule has 0 aromatic heterocycles. The zero-order valence-corrected chi connectivity index (χ0v) is 23.6. The summed E-state index contributed by atoms with van der Waals surface area (Å²) < 4.78 is 3.55. The fourth-order valence-corrected chi connectivity index (χ4v) is 24.0. The van der Waals surface area contributed by atoms with Crippen LogP contribution in [-0.4, -0.2) is 5.92 Å². The number of fused-ring (bicyclic) bond motifs is 6. The van der Waals surface area contributed by atoms with E-state index in [1.54, 1.807) is 17.7 Å². The van der Waals surface area contributed by atoms with Crippen LogP contribution in [0.5, 0.6) is 0 Å². The van der Waals surface area contributed by atoms with Crippen LogP contribution in [0.2, 0.25) is 13.1 Å². The molecule has 0 bridgehead atoms. The summed E-state index contributed by atoms with van der Waals surface area (Å²) in [5.41, 5.74) is 12.3. The molecular weight excluding hydrogens is 527 g/mol. The van der Waals surface area contributed by atoms with Crippen molar-refractivity contribution < 1.29 is 20.9 Å². The van der Waals surface area contributed by atoms with Gasteiger partial charge in [0.05, 0.1) is 0 Å². The third-order valence-corrected chi connectivity index (χ3v) is 25.4. The molecule has 161 valence electrons. The number of rotatable bonds is 3. The van der Waals surface area contributed by atoms with E-state index in [0.29, 0.717) is 0 Å². The van der Waals surface area contributed by atoms with E-state index in [1.807, 2.05) is 0 Å². The second kappa shape index (κ2) is 9.43. The van der Waals surface area contributed by atoms with Crippen LogP contribution >= 0.6 is 24.8 Å². The first-order valence-electron chi connectivity index (χ1n) is 11.0. The molecule has 0 atom stereocenters. The van der Waals surface area contributed by atoms with Crippen LogP contribution in [0.25, 0.3) is 22.3 Å². The average molecular weight is 554 g/mol. The molecule has 0 fully saturated rings. The zero-order valence-electron chi connectivity index (χ0n) is 18.4. The minimum atomic E-state index is -1.98. The SMILES string of the molecule is C[SiH](C)[Zr]([c]1cccc2c1Cc1ccccc1-2)[c]1cccc2c1Cc1ccccc1-2.Cl.Cl. The fraction of sp³-hybridized carbons (Fsp3) is 0.143. The van der Waals surface area contributed by atoms with Crippen molar-refractivity contribution in [2.75, 3.05) is 0 Å². The largest absolute Gasteiger partial charge is 0.147 e. The van der Waals surface area contributed by atoms with Gasteiger partial charge < -0.3 is 0 Å². The van der Waals surface area contributed by atoms with Gasteiger partial charge in [-0.25, -0.2) is 0 Å². The monoisotopic (exact) mass is 551 g/mol. The first kappa shape index (κ1) is 23.7. The summed E-state index contributed by atoms with van der Waals surface area (Å²) in [4.78, 5) is 0. The van der Waals surface area contributed by atoms with Gasteiger partial charge >= 0.3 is 189 Å². The molecule has 0 saturated carbocycles. The number of halogens is 2. The van der Waals surface area contributed by atoms with Gasteiger partial charge in [-0.15, -0.1) is 24.8 Å². The van der Waals surface area contributed by atoms with Gasteiger partial charge in [-0.05, 0) is 0 Å². The standard InChI is InChI=1S/2C13H9.C2H7Si.2ClH.Zr/c2*1-3-7-12-10(5-1)9-11-6-2-4-8-13(11)12;1-3-2;;;/h2*1-5,7-8H,9H2;3H,1-2H3;2*1H;. The average Bonchev–Trinajstić information content (AvgIpc) is 3.33. The Balaban J connectivity index is 0.00000122. The number of hydrogen-bond acceptors (Lipinski definition) is 0. The molecule has 0 spiro atoms. The molecule has 32 heavy (non-hydrogen) atoms. The van der Waals surface area contributed by atoms with Gasteiger partial charge in [0.15, 0.2) is 0 Å². The van der Waals surface area contributed by atoms with Crippen molar-refractivity contribution in [3.8, 4) is 22.3 Å². The van der Waals surface area contributed by atoms with E-state index in [1.165, 1.54) is 33.4 Å². The first-order chi connectivity index (χ1) is 14.7. The van der Waals surface area contributed by atoms with Crippen LogP contribution in [0.4, 0.5) is 0 Å². The number of hydrogen-bond donors (Lipinski definition) is 0. The summed E-state index contributed by atoms with van der Waals surface area (Å²) >= 11 is -1.98. The normalized spacial score (nSPS) is 12.2. The van der Waals surface area contributed by atoms with Gasteiger partial charge in [0, 0.05) is 0 Å². The molecule has 0 aliphatic heterocycles. The van der Waals surface area contributed by atoms with Crippen molar-refractivity contribution in [1.82, 2.24) is 0 Å². The van der Waals surface area contributed by atoms with Crippen LogP contribution < -0.4 is 6.54 Å². The van der Waals surface area contributed by atoms with E-state index < -0.39 is 26.8 Å². The summed E-state index contributed by atoms with van der Waals surface area (Å²) in [6, 6.07) is 32.5. The third-order valence-electron chi connectivity index (χ3n) is 6.86. The quantitative estimate of drug-likeness (QED) is 0.228. The Bertz CT molecular complexity index is 1200. The molecule has 0 amide bonds. The summed E-state index contributed by atoms with van der Waals surface area (Å²) in [6.45, 7) is 5.22.